The molecule has 1 amide bonds. The van der Waals surface area contributed by atoms with Gasteiger partial charge in [-0.15, -0.1) is 0 Å². The van der Waals surface area contributed by atoms with Crippen molar-refractivity contribution in [3.63, 3.8) is 0 Å². The van der Waals surface area contributed by atoms with E-state index in [0.29, 0.717) is 25.7 Å². The smallest absolute Gasteiger partial charge is 0.391 e. The number of hydrogen-bond acceptors (Lipinski definition) is 2. The molecule has 2 atom stereocenters. The van der Waals surface area contributed by atoms with E-state index in [-0.39, 0.29) is 37.1 Å². The van der Waals surface area contributed by atoms with Crippen molar-refractivity contribution in [1.29, 1.82) is 0 Å². The summed E-state index contributed by atoms with van der Waals surface area (Å²) in [6.07, 6.45) is 2.08. The van der Waals surface area contributed by atoms with Gasteiger partial charge in [-0.25, -0.2) is 0 Å². The van der Waals surface area contributed by atoms with E-state index < -0.39 is 24.0 Å². The molecule has 0 aromatic heterocycles. The summed E-state index contributed by atoms with van der Waals surface area (Å²) in [5, 5.41) is 12.3. The number of amides is 1. The Balaban J connectivity index is 1.83. The van der Waals surface area contributed by atoms with Gasteiger partial charge in [0.05, 0.1) is 11.8 Å². The SMILES string of the molecule is O=C(CC1CCC(C(F)(F)F)CC1)NC1CCCCCCC1C(=O)O. The number of alkyl halides is 3. The molecule has 0 bridgehead atoms. The van der Waals surface area contributed by atoms with Crippen LogP contribution in [0.2, 0.25) is 0 Å². The molecule has 2 aliphatic carbocycles. The first kappa shape index (κ1) is 20.0. The van der Waals surface area contributed by atoms with Crippen molar-refractivity contribution in [2.45, 2.75) is 82.8 Å². The predicted molar refractivity (Wildman–Crippen MR) is 86.9 cm³/mol. The van der Waals surface area contributed by atoms with Crippen LogP contribution in [-0.4, -0.2) is 29.2 Å². The van der Waals surface area contributed by atoms with Gasteiger partial charge in [0.1, 0.15) is 0 Å². The number of carboxylic acid groups (broad SMARTS) is 1. The summed E-state index contributed by atoms with van der Waals surface area (Å²) < 4.78 is 38.1. The predicted octanol–water partition coefficient (Wildman–Crippen LogP) is 4.29. The largest absolute Gasteiger partial charge is 0.481 e. The Morgan fingerprint density at radius 2 is 1.52 bits per heavy atom. The van der Waals surface area contributed by atoms with Crippen LogP contribution in [0, 0.1) is 17.8 Å². The lowest BCUT2D eigenvalue weighted by Crippen LogP contribution is -2.44. The lowest BCUT2D eigenvalue weighted by molar-refractivity contribution is -0.184. The molecular formula is C18H28F3NO3. The van der Waals surface area contributed by atoms with Crippen LogP contribution in [0.5, 0.6) is 0 Å². The van der Waals surface area contributed by atoms with E-state index in [9.17, 15) is 27.9 Å². The number of halogens is 3. The minimum Gasteiger partial charge on any atom is -0.481 e. The molecule has 0 aromatic rings. The van der Waals surface area contributed by atoms with Gasteiger partial charge < -0.3 is 10.4 Å². The summed E-state index contributed by atoms with van der Waals surface area (Å²) in [6.45, 7) is 0. The van der Waals surface area contributed by atoms with E-state index in [0.717, 1.165) is 25.7 Å². The molecule has 0 spiro atoms. The van der Waals surface area contributed by atoms with Crippen molar-refractivity contribution in [1.82, 2.24) is 5.32 Å². The van der Waals surface area contributed by atoms with Crippen LogP contribution in [0.1, 0.15) is 70.6 Å². The maximum atomic E-state index is 12.7. The fourth-order valence-corrected chi connectivity index (χ4v) is 4.17. The van der Waals surface area contributed by atoms with Gasteiger partial charge in [0, 0.05) is 12.5 Å². The van der Waals surface area contributed by atoms with Crippen LogP contribution in [0.3, 0.4) is 0 Å². The van der Waals surface area contributed by atoms with Crippen LogP contribution in [0.4, 0.5) is 13.2 Å². The van der Waals surface area contributed by atoms with Gasteiger partial charge in [0.2, 0.25) is 5.91 Å². The van der Waals surface area contributed by atoms with E-state index >= 15 is 0 Å². The fraction of sp³-hybridized carbons (Fsp3) is 0.889. The van der Waals surface area contributed by atoms with E-state index in [1.165, 1.54) is 0 Å². The highest BCUT2D eigenvalue weighted by atomic mass is 19.4. The quantitative estimate of drug-likeness (QED) is 0.783. The van der Waals surface area contributed by atoms with Gasteiger partial charge in [-0.05, 0) is 44.4 Å². The molecule has 0 radical (unpaired) electrons. The number of rotatable bonds is 4. The third-order valence-electron chi connectivity index (χ3n) is 5.71. The molecule has 2 N–H and O–H groups in total. The number of carboxylic acids is 1. The molecule has 0 aromatic carbocycles. The van der Waals surface area contributed by atoms with Crippen molar-refractivity contribution in [2.24, 2.45) is 17.8 Å². The summed E-state index contributed by atoms with van der Waals surface area (Å²) >= 11 is 0. The number of carbonyl (C=O) groups is 2. The Morgan fingerprint density at radius 3 is 2.08 bits per heavy atom. The van der Waals surface area contributed by atoms with Crippen molar-refractivity contribution >= 4 is 11.9 Å². The van der Waals surface area contributed by atoms with Crippen molar-refractivity contribution in [3.8, 4) is 0 Å². The van der Waals surface area contributed by atoms with E-state index in [1.54, 1.807) is 0 Å². The second kappa shape index (κ2) is 8.90. The molecule has 2 unspecified atom stereocenters. The normalized spacial score (nSPS) is 31.6. The molecule has 7 heteroatoms. The summed E-state index contributed by atoms with van der Waals surface area (Å²) in [6, 6.07) is -0.364. The maximum absolute atomic E-state index is 12.7. The van der Waals surface area contributed by atoms with Gasteiger partial charge in [0.15, 0.2) is 0 Å². The Hall–Kier alpha value is -1.27. The summed E-state index contributed by atoms with van der Waals surface area (Å²) in [4.78, 5) is 23.8. The number of carbonyl (C=O) groups excluding carboxylic acids is 1. The van der Waals surface area contributed by atoms with Crippen molar-refractivity contribution in [2.75, 3.05) is 0 Å². The standard InChI is InChI=1S/C18H28F3NO3/c19-18(20,21)13-9-7-12(8-10-13)11-16(23)22-15-6-4-2-1-3-5-14(15)17(24)25/h12-15H,1-11H2,(H,22,23)(H,24,25). The number of hydrogen-bond donors (Lipinski definition) is 2. The van der Waals surface area contributed by atoms with Crippen LogP contribution in [-0.2, 0) is 9.59 Å². The zero-order valence-corrected chi connectivity index (χ0v) is 14.5. The molecule has 2 aliphatic rings. The second-order valence-electron chi connectivity index (χ2n) is 7.57. The maximum Gasteiger partial charge on any atom is 0.391 e. The van der Waals surface area contributed by atoms with Gasteiger partial charge in [-0.3, -0.25) is 9.59 Å². The monoisotopic (exact) mass is 363 g/mol. The molecule has 0 heterocycles. The van der Waals surface area contributed by atoms with E-state index in [1.807, 2.05) is 0 Å². The fourth-order valence-electron chi connectivity index (χ4n) is 4.17. The third-order valence-corrected chi connectivity index (χ3v) is 5.71. The van der Waals surface area contributed by atoms with Gasteiger partial charge in [-0.2, -0.15) is 13.2 Å². The van der Waals surface area contributed by atoms with Crippen molar-refractivity contribution in [3.05, 3.63) is 0 Å². The van der Waals surface area contributed by atoms with Gasteiger partial charge >= 0.3 is 12.1 Å². The zero-order chi connectivity index (χ0) is 18.4. The number of aliphatic carboxylic acids is 1. The Labute approximate surface area is 146 Å². The Bertz CT molecular complexity index is 459. The lowest BCUT2D eigenvalue weighted by atomic mass is 9.80. The van der Waals surface area contributed by atoms with Crippen LogP contribution in [0.25, 0.3) is 0 Å². The van der Waals surface area contributed by atoms with E-state index in [2.05, 4.69) is 5.32 Å². The second-order valence-corrected chi connectivity index (χ2v) is 7.57. The summed E-state index contributed by atoms with van der Waals surface area (Å²) in [5.74, 6) is -2.93. The van der Waals surface area contributed by atoms with E-state index in [4.69, 9.17) is 0 Å². The minimum atomic E-state index is -4.14. The molecule has 144 valence electrons. The summed E-state index contributed by atoms with van der Waals surface area (Å²) in [7, 11) is 0. The first-order chi connectivity index (χ1) is 11.8. The first-order valence-electron chi connectivity index (χ1n) is 9.36. The zero-order valence-electron chi connectivity index (χ0n) is 14.5. The molecule has 0 aliphatic heterocycles. The molecule has 2 saturated carbocycles. The van der Waals surface area contributed by atoms with Gasteiger partial charge in [0.25, 0.3) is 0 Å². The topological polar surface area (TPSA) is 66.4 Å². The highest BCUT2D eigenvalue weighted by Gasteiger charge is 2.41. The Kier molecular flexibility index (Phi) is 7.14. The molecule has 25 heavy (non-hydrogen) atoms. The average molecular weight is 363 g/mol. The lowest BCUT2D eigenvalue weighted by Gasteiger charge is -2.31. The van der Waals surface area contributed by atoms with Gasteiger partial charge in [-0.1, -0.05) is 25.7 Å². The van der Waals surface area contributed by atoms with Crippen LogP contribution >= 0.6 is 0 Å². The van der Waals surface area contributed by atoms with Crippen LogP contribution in [0.15, 0.2) is 0 Å². The highest BCUT2D eigenvalue weighted by molar-refractivity contribution is 5.78. The molecule has 4 nitrogen and oxygen atoms in total. The first-order valence-corrected chi connectivity index (χ1v) is 9.36. The van der Waals surface area contributed by atoms with Crippen LogP contribution < -0.4 is 5.32 Å². The Morgan fingerprint density at radius 1 is 0.920 bits per heavy atom. The molecule has 2 fully saturated rings. The molecule has 0 saturated heterocycles. The molecular weight excluding hydrogens is 335 g/mol. The average Bonchev–Trinajstić information content (AvgIpc) is 2.49. The summed E-state index contributed by atoms with van der Waals surface area (Å²) in [5.41, 5.74) is 0. The molecule has 2 rings (SSSR count). The van der Waals surface area contributed by atoms with Crippen molar-refractivity contribution < 1.29 is 27.9 Å². The highest BCUT2D eigenvalue weighted by Crippen LogP contribution is 2.40. The number of nitrogens with one attached hydrogen (secondary N) is 1. The third kappa shape index (κ3) is 6.19. The minimum absolute atomic E-state index is 0.0320.